The monoisotopic (exact) mass is 279 g/mol. The van der Waals surface area contributed by atoms with E-state index in [1.54, 1.807) is 0 Å². The first-order chi connectivity index (χ1) is 7.67. The molecule has 1 heterocycles. The van der Waals surface area contributed by atoms with E-state index in [-0.39, 0.29) is 5.54 Å². The average Bonchev–Trinajstić information content (AvgIpc) is 2.83. The van der Waals surface area contributed by atoms with E-state index in [9.17, 15) is 0 Å². The summed E-state index contributed by atoms with van der Waals surface area (Å²) >= 11 is 3.41. The van der Waals surface area contributed by atoms with Gasteiger partial charge in [-0.3, -0.25) is 0 Å². The van der Waals surface area contributed by atoms with Gasteiger partial charge in [0.2, 0.25) is 11.7 Å². The highest BCUT2D eigenvalue weighted by Crippen LogP contribution is 2.42. The highest BCUT2D eigenvalue weighted by atomic mass is 79.9. The Hall–Kier alpha value is -1.20. The Morgan fingerprint density at radius 1 is 1.38 bits per heavy atom. The zero-order valence-electron chi connectivity index (χ0n) is 8.48. The van der Waals surface area contributed by atoms with E-state index < -0.39 is 0 Å². The van der Waals surface area contributed by atoms with Crippen molar-refractivity contribution in [2.75, 3.05) is 0 Å². The first kappa shape index (κ1) is 9.99. The molecule has 0 aliphatic heterocycles. The van der Waals surface area contributed by atoms with Crippen molar-refractivity contribution in [3.63, 3.8) is 0 Å². The standard InChI is InChI=1S/C11H10BrN3O/c12-8-3-1-2-7(6-8)9-14-10(16-15-9)11(13)4-5-11/h1-3,6H,4-5,13H2. The van der Waals surface area contributed by atoms with Crippen molar-refractivity contribution in [2.45, 2.75) is 18.4 Å². The van der Waals surface area contributed by atoms with Gasteiger partial charge in [-0.2, -0.15) is 4.98 Å². The predicted molar refractivity (Wildman–Crippen MR) is 62.5 cm³/mol. The number of nitrogens with two attached hydrogens (primary N) is 1. The Morgan fingerprint density at radius 3 is 2.88 bits per heavy atom. The fraction of sp³-hybridized carbons (Fsp3) is 0.273. The van der Waals surface area contributed by atoms with Crippen LogP contribution in [0, 0.1) is 0 Å². The molecule has 3 rings (SSSR count). The summed E-state index contributed by atoms with van der Waals surface area (Å²) in [7, 11) is 0. The topological polar surface area (TPSA) is 64.9 Å². The molecular formula is C11H10BrN3O. The summed E-state index contributed by atoms with van der Waals surface area (Å²) in [6.07, 6.45) is 1.85. The number of nitrogens with zero attached hydrogens (tertiary/aromatic N) is 2. The van der Waals surface area contributed by atoms with Crippen molar-refractivity contribution >= 4 is 15.9 Å². The van der Waals surface area contributed by atoms with E-state index in [0.717, 1.165) is 22.9 Å². The van der Waals surface area contributed by atoms with Gasteiger partial charge >= 0.3 is 0 Å². The zero-order valence-corrected chi connectivity index (χ0v) is 10.1. The van der Waals surface area contributed by atoms with Crippen molar-refractivity contribution in [3.8, 4) is 11.4 Å². The number of rotatable bonds is 2. The molecule has 0 spiro atoms. The average molecular weight is 280 g/mol. The fourth-order valence-corrected chi connectivity index (χ4v) is 1.92. The largest absolute Gasteiger partial charge is 0.337 e. The number of hydrogen-bond acceptors (Lipinski definition) is 4. The third kappa shape index (κ3) is 1.66. The van der Waals surface area contributed by atoms with Gasteiger partial charge in [0, 0.05) is 10.0 Å². The van der Waals surface area contributed by atoms with Crippen LogP contribution in [0.4, 0.5) is 0 Å². The quantitative estimate of drug-likeness (QED) is 0.917. The van der Waals surface area contributed by atoms with Crippen LogP contribution in [-0.2, 0) is 5.54 Å². The van der Waals surface area contributed by atoms with E-state index >= 15 is 0 Å². The molecular weight excluding hydrogens is 270 g/mol. The summed E-state index contributed by atoms with van der Waals surface area (Å²) < 4.78 is 6.18. The molecule has 0 unspecified atom stereocenters. The molecule has 0 bridgehead atoms. The van der Waals surface area contributed by atoms with Gasteiger partial charge in [0.15, 0.2) is 0 Å². The molecule has 82 valence electrons. The van der Waals surface area contributed by atoms with Gasteiger partial charge in [-0.05, 0) is 25.0 Å². The van der Waals surface area contributed by atoms with Crippen molar-refractivity contribution in [3.05, 3.63) is 34.6 Å². The first-order valence-corrected chi connectivity index (χ1v) is 5.86. The van der Waals surface area contributed by atoms with Gasteiger partial charge < -0.3 is 10.3 Å². The van der Waals surface area contributed by atoms with Crippen molar-refractivity contribution in [1.29, 1.82) is 0 Å². The van der Waals surface area contributed by atoms with Gasteiger partial charge in [-0.15, -0.1) is 0 Å². The lowest BCUT2D eigenvalue weighted by Gasteiger charge is -1.98. The molecule has 1 aromatic heterocycles. The minimum atomic E-state index is -0.364. The van der Waals surface area contributed by atoms with E-state index in [1.807, 2.05) is 24.3 Å². The van der Waals surface area contributed by atoms with E-state index in [2.05, 4.69) is 26.1 Å². The van der Waals surface area contributed by atoms with Crippen LogP contribution in [0.1, 0.15) is 18.7 Å². The van der Waals surface area contributed by atoms with Gasteiger partial charge in [0.05, 0.1) is 5.54 Å². The van der Waals surface area contributed by atoms with Crippen LogP contribution in [0.25, 0.3) is 11.4 Å². The lowest BCUT2D eigenvalue weighted by Crippen LogP contribution is -2.18. The summed E-state index contributed by atoms with van der Waals surface area (Å²) in [6.45, 7) is 0. The van der Waals surface area contributed by atoms with Gasteiger partial charge in [0.1, 0.15) is 0 Å². The summed E-state index contributed by atoms with van der Waals surface area (Å²) in [5.74, 6) is 1.13. The molecule has 1 aliphatic rings. The van der Waals surface area contributed by atoms with E-state index in [0.29, 0.717) is 11.7 Å². The second-order valence-electron chi connectivity index (χ2n) is 4.09. The maximum atomic E-state index is 5.98. The van der Waals surface area contributed by atoms with Crippen LogP contribution >= 0.6 is 15.9 Å². The Bertz CT molecular complexity index is 534. The Kier molecular flexibility index (Phi) is 2.12. The molecule has 1 aromatic carbocycles. The van der Waals surface area contributed by atoms with Crippen molar-refractivity contribution < 1.29 is 4.52 Å². The lowest BCUT2D eigenvalue weighted by atomic mass is 10.2. The normalized spacial score (nSPS) is 17.4. The maximum absolute atomic E-state index is 5.98. The van der Waals surface area contributed by atoms with E-state index in [4.69, 9.17) is 10.3 Å². The molecule has 0 atom stereocenters. The minimum Gasteiger partial charge on any atom is -0.337 e. The lowest BCUT2D eigenvalue weighted by molar-refractivity contribution is 0.348. The molecule has 16 heavy (non-hydrogen) atoms. The van der Waals surface area contributed by atoms with Crippen LogP contribution in [-0.4, -0.2) is 10.1 Å². The Labute approximate surface area is 101 Å². The molecule has 1 saturated carbocycles. The molecule has 1 fully saturated rings. The predicted octanol–water partition coefficient (Wildman–Crippen LogP) is 2.45. The maximum Gasteiger partial charge on any atom is 0.247 e. The molecule has 0 radical (unpaired) electrons. The number of aromatic nitrogens is 2. The fourth-order valence-electron chi connectivity index (χ4n) is 1.52. The van der Waals surface area contributed by atoms with Crippen LogP contribution < -0.4 is 5.73 Å². The molecule has 5 heteroatoms. The molecule has 2 N–H and O–H groups in total. The van der Waals surface area contributed by atoms with Crippen molar-refractivity contribution in [1.82, 2.24) is 10.1 Å². The van der Waals surface area contributed by atoms with Crippen LogP contribution in [0.3, 0.4) is 0 Å². The summed E-state index contributed by atoms with van der Waals surface area (Å²) in [5, 5.41) is 3.95. The second-order valence-corrected chi connectivity index (χ2v) is 5.01. The SMILES string of the molecule is NC1(c2nc(-c3cccc(Br)c3)no2)CC1. The number of benzene rings is 1. The molecule has 0 amide bonds. The van der Waals surface area contributed by atoms with Crippen molar-refractivity contribution in [2.24, 2.45) is 5.73 Å². The Balaban J connectivity index is 1.98. The summed E-state index contributed by atoms with van der Waals surface area (Å²) in [4.78, 5) is 4.33. The molecule has 4 nitrogen and oxygen atoms in total. The van der Waals surface area contributed by atoms with Gasteiger partial charge in [0.25, 0.3) is 0 Å². The number of halogens is 1. The first-order valence-electron chi connectivity index (χ1n) is 5.06. The highest BCUT2D eigenvalue weighted by Gasteiger charge is 2.45. The third-order valence-electron chi connectivity index (χ3n) is 2.72. The van der Waals surface area contributed by atoms with Gasteiger partial charge in [-0.25, -0.2) is 0 Å². The number of hydrogen-bond donors (Lipinski definition) is 1. The zero-order chi connectivity index (χ0) is 11.2. The second kappa shape index (κ2) is 3.40. The minimum absolute atomic E-state index is 0.364. The van der Waals surface area contributed by atoms with Crippen LogP contribution in [0.15, 0.2) is 33.3 Å². The molecule has 1 aliphatic carbocycles. The Morgan fingerprint density at radius 2 is 2.19 bits per heavy atom. The summed E-state index contributed by atoms with van der Waals surface area (Å²) in [5.41, 5.74) is 6.54. The van der Waals surface area contributed by atoms with Gasteiger partial charge in [-0.1, -0.05) is 33.2 Å². The summed E-state index contributed by atoms with van der Waals surface area (Å²) in [6, 6.07) is 7.78. The van der Waals surface area contributed by atoms with Crippen LogP contribution in [0.2, 0.25) is 0 Å². The third-order valence-corrected chi connectivity index (χ3v) is 3.22. The molecule has 2 aromatic rings. The molecule has 0 saturated heterocycles. The highest BCUT2D eigenvalue weighted by molar-refractivity contribution is 9.10. The van der Waals surface area contributed by atoms with E-state index in [1.165, 1.54) is 0 Å². The van der Waals surface area contributed by atoms with Crippen LogP contribution in [0.5, 0.6) is 0 Å². The smallest absolute Gasteiger partial charge is 0.247 e.